The van der Waals surface area contributed by atoms with Crippen molar-refractivity contribution in [2.24, 2.45) is 11.5 Å². The molecule has 0 spiro atoms. The fourth-order valence-corrected chi connectivity index (χ4v) is 0.947. The molecule has 4 nitrogen and oxygen atoms in total. The summed E-state index contributed by atoms with van der Waals surface area (Å²) in [5.74, 6) is 0. The molecular weight excluding hydrogens is 190 g/mol. The number of allylic oxidation sites excluding steroid dienone is 1. The van der Waals surface area contributed by atoms with E-state index in [4.69, 9.17) is 16.2 Å². The van der Waals surface area contributed by atoms with Crippen LogP contribution in [0, 0.1) is 0 Å². The second-order valence-electron chi connectivity index (χ2n) is 5.05. The van der Waals surface area contributed by atoms with Crippen molar-refractivity contribution in [2.75, 3.05) is 13.2 Å². The van der Waals surface area contributed by atoms with Crippen LogP contribution in [0.1, 0.15) is 34.1 Å². The molecule has 0 rings (SSSR count). The lowest BCUT2D eigenvalue weighted by Gasteiger charge is -2.29. The minimum atomic E-state index is -0.640. The summed E-state index contributed by atoms with van der Waals surface area (Å²) in [7, 11) is 0. The quantitative estimate of drug-likeness (QED) is 0.552. The van der Waals surface area contributed by atoms with Gasteiger partial charge in [0.15, 0.2) is 0 Å². The Hall–Kier alpha value is -0.580. The summed E-state index contributed by atoms with van der Waals surface area (Å²) in [5.41, 5.74) is 11.7. The molecule has 0 aromatic carbocycles. The molecule has 0 heterocycles. The number of hydrogen-bond donors (Lipinski definition) is 3. The van der Waals surface area contributed by atoms with Gasteiger partial charge >= 0.3 is 0 Å². The Morgan fingerprint density at radius 3 is 2.27 bits per heavy atom. The predicted molar refractivity (Wildman–Crippen MR) is 64.2 cm³/mol. The van der Waals surface area contributed by atoms with Crippen LogP contribution in [0.25, 0.3) is 0 Å². The van der Waals surface area contributed by atoms with Crippen LogP contribution in [0.5, 0.6) is 0 Å². The molecule has 0 aromatic heterocycles. The summed E-state index contributed by atoms with van der Waals surface area (Å²) in [6.07, 6.45) is 0.718. The molecule has 0 aliphatic heterocycles. The lowest BCUT2D eigenvalue weighted by molar-refractivity contribution is -0.0494. The zero-order chi connectivity index (χ0) is 12.1. The van der Waals surface area contributed by atoms with Gasteiger partial charge in [-0.15, -0.1) is 0 Å². The Bertz CT molecular complexity index is 206. The van der Waals surface area contributed by atoms with E-state index in [-0.39, 0.29) is 5.54 Å². The lowest BCUT2D eigenvalue weighted by atomic mass is 10.1. The van der Waals surface area contributed by atoms with Crippen molar-refractivity contribution in [3.05, 3.63) is 12.3 Å². The molecule has 0 radical (unpaired) electrons. The third kappa shape index (κ3) is 9.72. The second-order valence-corrected chi connectivity index (χ2v) is 5.05. The average molecular weight is 215 g/mol. The monoisotopic (exact) mass is 215 g/mol. The highest BCUT2D eigenvalue weighted by molar-refractivity contribution is 4.85. The van der Waals surface area contributed by atoms with Crippen molar-refractivity contribution < 1.29 is 4.74 Å². The van der Waals surface area contributed by atoms with Crippen LogP contribution in [0.2, 0.25) is 0 Å². The van der Waals surface area contributed by atoms with Gasteiger partial charge in [0, 0.05) is 24.2 Å². The van der Waals surface area contributed by atoms with E-state index in [0.29, 0.717) is 6.61 Å². The van der Waals surface area contributed by atoms with Gasteiger partial charge in [0.05, 0.1) is 6.61 Å². The Morgan fingerprint density at radius 2 is 1.87 bits per heavy atom. The second kappa shape index (κ2) is 5.49. The predicted octanol–water partition coefficient (Wildman–Crippen LogP) is 0.929. The highest BCUT2D eigenvalue weighted by atomic mass is 16.5. The molecule has 4 heteroatoms. The molecule has 1 unspecified atom stereocenters. The van der Waals surface area contributed by atoms with Gasteiger partial charge in [-0.1, -0.05) is 6.58 Å². The van der Waals surface area contributed by atoms with Crippen molar-refractivity contribution in [3.8, 4) is 0 Å². The van der Waals surface area contributed by atoms with Crippen LogP contribution in [-0.4, -0.2) is 24.4 Å². The van der Waals surface area contributed by atoms with Crippen LogP contribution < -0.4 is 16.8 Å². The fraction of sp³-hybridized carbons (Fsp3) is 0.818. The number of nitrogens with one attached hydrogen (secondary N) is 1. The van der Waals surface area contributed by atoms with Gasteiger partial charge in [-0.3, -0.25) is 0 Å². The summed E-state index contributed by atoms with van der Waals surface area (Å²) in [6.45, 7) is 12.6. The number of hydrogen-bond acceptors (Lipinski definition) is 4. The van der Waals surface area contributed by atoms with Crippen molar-refractivity contribution in [2.45, 2.75) is 45.4 Å². The van der Waals surface area contributed by atoms with Crippen LogP contribution in [0.15, 0.2) is 12.3 Å². The Balaban J connectivity index is 3.81. The maximum Gasteiger partial charge on any atom is 0.115 e. The van der Waals surface area contributed by atoms with Crippen molar-refractivity contribution >= 4 is 0 Å². The largest absolute Gasteiger partial charge is 0.389 e. The first-order valence-corrected chi connectivity index (χ1v) is 5.23. The first-order valence-electron chi connectivity index (χ1n) is 5.23. The van der Waals surface area contributed by atoms with Gasteiger partial charge in [-0.2, -0.15) is 0 Å². The van der Waals surface area contributed by atoms with E-state index in [2.05, 4.69) is 11.9 Å². The molecule has 0 amide bonds. The first kappa shape index (κ1) is 14.4. The van der Waals surface area contributed by atoms with Crippen molar-refractivity contribution in [1.29, 1.82) is 0 Å². The Morgan fingerprint density at radius 1 is 1.33 bits per heavy atom. The smallest absolute Gasteiger partial charge is 0.115 e. The zero-order valence-corrected chi connectivity index (χ0v) is 10.4. The summed E-state index contributed by atoms with van der Waals surface area (Å²) < 4.78 is 5.56. The molecular formula is C11H25N3O. The van der Waals surface area contributed by atoms with E-state index in [1.54, 1.807) is 0 Å². The van der Waals surface area contributed by atoms with Gasteiger partial charge in [0.2, 0.25) is 0 Å². The molecule has 0 saturated carbocycles. The fourth-order valence-electron chi connectivity index (χ4n) is 0.947. The third-order valence-corrected chi connectivity index (χ3v) is 1.82. The third-order valence-electron chi connectivity index (χ3n) is 1.82. The molecule has 1 atom stereocenters. The Labute approximate surface area is 93.0 Å². The van der Waals surface area contributed by atoms with Crippen molar-refractivity contribution in [3.63, 3.8) is 0 Å². The molecule has 0 aliphatic rings. The zero-order valence-electron chi connectivity index (χ0n) is 10.4. The summed E-state index contributed by atoms with van der Waals surface area (Å²) in [4.78, 5) is 0. The highest BCUT2D eigenvalue weighted by Crippen LogP contribution is 2.10. The van der Waals surface area contributed by atoms with Crippen LogP contribution in [0.4, 0.5) is 0 Å². The maximum atomic E-state index is 5.96. The maximum absolute atomic E-state index is 5.96. The van der Waals surface area contributed by atoms with E-state index in [1.807, 2.05) is 27.7 Å². The topological polar surface area (TPSA) is 73.3 Å². The van der Waals surface area contributed by atoms with Crippen LogP contribution >= 0.6 is 0 Å². The molecule has 0 aliphatic carbocycles. The Kier molecular flexibility index (Phi) is 5.28. The molecule has 0 fully saturated rings. The molecule has 15 heavy (non-hydrogen) atoms. The van der Waals surface area contributed by atoms with Crippen molar-refractivity contribution in [1.82, 2.24) is 5.32 Å². The van der Waals surface area contributed by atoms with Gasteiger partial charge in [-0.25, -0.2) is 0 Å². The van der Waals surface area contributed by atoms with E-state index in [9.17, 15) is 0 Å². The van der Waals surface area contributed by atoms with E-state index in [0.717, 1.165) is 18.7 Å². The standard InChI is InChI=1S/C11H25N3O/c1-9(2)14-7-6-11(5,13)15-8-10(3,4)12/h14H,1,6-8,12-13H2,2-5H3. The van der Waals surface area contributed by atoms with Crippen LogP contribution in [-0.2, 0) is 4.74 Å². The van der Waals surface area contributed by atoms with Gasteiger partial charge in [-0.05, 0) is 27.7 Å². The summed E-state index contributed by atoms with van der Waals surface area (Å²) in [5, 5.41) is 3.11. The van der Waals surface area contributed by atoms with E-state index in [1.165, 1.54) is 0 Å². The number of ether oxygens (including phenoxy) is 1. The molecule has 0 bridgehead atoms. The molecule has 0 aromatic rings. The lowest BCUT2D eigenvalue weighted by Crippen LogP contribution is -2.47. The average Bonchev–Trinajstić information content (AvgIpc) is 1.99. The van der Waals surface area contributed by atoms with E-state index < -0.39 is 5.72 Å². The van der Waals surface area contributed by atoms with E-state index >= 15 is 0 Å². The van der Waals surface area contributed by atoms with Crippen LogP contribution in [0.3, 0.4) is 0 Å². The molecule has 0 saturated heterocycles. The van der Waals surface area contributed by atoms with Gasteiger partial charge < -0.3 is 21.5 Å². The summed E-state index contributed by atoms with van der Waals surface area (Å²) in [6, 6.07) is 0. The molecule has 5 N–H and O–H groups in total. The number of rotatable bonds is 7. The normalized spacial score (nSPS) is 15.9. The van der Waals surface area contributed by atoms with Gasteiger partial charge in [0.25, 0.3) is 0 Å². The minimum absolute atomic E-state index is 0.345. The number of nitrogens with two attached hydrogens (primary N) is 2. The minimum Gasteiger partial charge on any atom is -0.389 e. The first-order chi connectivity index (χ1) is 6.62. The van der Waals surface area contributed by atoms with Gasteiger partial charge in [0.1, 0.15) is 5.72 Å². The highest BCUT2D eigenvalue weighted by Gasteiger charge is 2.22. The summed E-state index contributed by atoms with van der Waals surface area (Å²) >= 11 is 0. The molecule has 90 valence electrons. The SMILES string of the molecule is C=C(C)NCCC(C)(N)OCC(C)(C)N.